The van der Waals surface area contributed by atoms with Gasteiger partial charge in [-0.25, -0.2) is 9.97 Å². The lowest BCUT2D eigenvalue weighted by molar-refractivity contribution is 0.918. The van der Waals surface area contributed by atoms with E-state index >= 15 is 0 Å². The van der Waals surface area contributed by atoms with E-state index in [0.29, 0.717) is 0 Å². The first-order chi connectivity index (χ1) is 10.4. The molecule has 2 aliphatic heterocycles. The number of hydrogen-bond acceptors (Lipinski definition) is 5. The van der Waals surface area contributed by atoms with Crippen LogP contribution >= 0.6 is 11.8 Å². The minimum Gasteiger partial charge on any atom is -0.308 e. The van der Waals surface area contributed by atoms with Gasteiger partial charge in [0.15, 0.2) is 5.16 Å². The number of nitrogens with zero attached hydrogens (tertiary/aromatic N) is 4. The van der Waals surface area contributed by atoms with Crippen LogP contribution in [0.4, 0.5) is 5.82 Å². The van der Waals surface area contributed by atoms with Crippen LogP contribution in [0.25, 0.3) is 11.6 Å². The Labute approximate surface area is 127 Å². The molecule has 21 heavy (non-hydrogen) atoms. The van der Waals surface area contributed by atoms with Gasteiger partial charge in [0, 0.05) is 23.9 Å². The molecule has 0 N–H and O–H groups in total. The Hall–Kier alpha value is -2.14. The van der Waals surface area contributed by atoms with E-state index in [1.54, 1.807) is 11.8 Å². The van der Waals surface area contributed by atoms with Crippen LogP contribution in [0.5, 0.6) is 0 Å². The number of hydrogen-bond donors (Lipinski definition) is 0. The highest BCUT2D eigenvalue weighted by molar-refractivity contribution is 7.98. The summed E-state index contributed by atoms with van der Waals surface area (Å²) in [5.74, 6) is 2.00. The van der Waals surface area contributed by atoms with Crippen molar-refractivity contribution < 1.29 is 0 Å². The molecular weight excluding hydrogens is 280 g/mol. The van der Waals surface area contributed by atoms with Crippen molar-refractivity contribution in [1.29, 1.82) is 0 Å². The molecule has 0 aliphatic carbocycles. The van der Waals surface area contributed by atoms with E-state index in [-0.39, 0.29) is 0 Å². The van der Waals surface area contributed by atoms with E-state index in [0.717, 1.165) is 41.0 Å². The molecule has 0 atom stereocenters. The Kier molecular flexibility index (Phi) is 3.00. The van der Waals surface area contributed by atoms with Gasteiger partial charge in [0.1, 0.15) is 11.7 Å². The number of rotatable bonds is 2. The van der Waals surface area contributed by atoms with Crippen molar-refractivity contribution >= 4 is 35.1 Å². The fraction of sp³-hybridized carbons (Fsp3) is 0.188. The number of fused-ring (bicyclic) bond motifs is 3. The van der Waals surface area contributed by atoms with Crippen LogP contribution in [-0.4, -0.2) is 35.1 Å². The molecule has 0 saturated carbocycles. The molecule has 0 amide bonds. The van der Waals surface area contributed by atoms with Crippen molar-refractivity contribution in [2.24, 2.45) is 4.99 Å². The van der Waals surface area contributed by atoms with Gasteiger partial charge < -0.3 is 4.90 Å². The lowest BCUT2D eigenvalue weighted by Gasteiger charge is -2.27. The predicted molar refractivity (Wildman–Crippen MR) is 87.8 cm³/mol. The van der Waals surface area contributed by atoms with Crippen LogP contribution in [0.3, 0.4) is 0 Å². The van der Waals surface area contributed by atoms with E-state index in [2.05, 4.69) is 50.2 Å². The molecule has 0 saturated heterocycles. The van der Waals surface area contributed by atoms with Crippen LogP contribution in [-0.2, 0) is 0 Å². The Bertz CT molecular complexity index is 752. The summed E-state index contributed by atoms with van der Waals surface area (Å²) in [6.45, 7) is 1.70. The summed E-state index contributed by atoms with van der Waals surface area (Å²) in [5, 5.41) is 0.802. The minimum atomic E-state index is 0.802. The topological polar surface area (TPSA) is 41.4 Å². The van der Waals surface area contributed by atoms with Gasteiger partial charge in [0.25, 0.3) is 0 Å². The lowest BCUT2D eigenvalue weighted by atomic mass is 9.99. The van der Waals surface area contributed by atoms with Crippen molar-refractivity contribution in [1.82, 2.24) is 9.97 Å². The number of amidine groups is 1. The van der Waals surface area contributed by atoms with E-state index in [1.807, 2.05) is 18.5 Å². The van der Waals surface area contributed by atoms with Gasteiger partial charge in [-0.2, -0.15) is 0 Å². The molecule has 0 radical (unpaired) electrons. The molecule has 2 aromatic rings. The van der Waals surface area contributed by atoms with E-state index in [1.165, 1.54) is 5.56 Å². The molecule has 1 aromatic heterocycles. The highest BCUT2D eigenvalue weighted by Gasteiger charge is 2.30. The summed E-state index contributed by atoms with van der Waals surface area (Å²) in [7, 11) is 0. The van der Waals surface area contributed by atoms with Crippen LogP contribution in [0.1, 0.15) is 11.1 Å². The summed E-state index contributed by atoms with van der Waals surface area (Å²) in [6.07, 6.45) is 6.05. The largest absolute Gasteiger partial charge is 0.308 e. The zero-order valence-corrected chi connectivity index (χ0v) is 12.5. The number of thioether (sulfide) groups is 1. The molecule has 0 fully saturated rings. The molecule has 2 aliphatic rings. The predicted octanol–water partition coefficient (Wildman–Crippen LogP) is 2.97. The Morgan fingerprint density at radius 1 is 1.19 bits per heavy atom. The molecular formula is C16H14N4S. The van der Waals surface area contributed by atoms with Gasteiger partial charge in [-0.1, -0.05) is 42.1 Å². The van der Waals surface area contributed by atoms with E-state index in [4.69, 9.17) is 0 Å². The molecule has 3 heterocycles. The van der Waals surface area contributed by atoms with Crippen LogP contribution in [0.15, 0.2) is 46.7 Å². The minimum absolute atomic E-state index is 0.802. The third kappa shape index (κ3) is 2.05. The van der Waals surface area contributed by atoms with Crippen molar-refractivity contribution in [3.8, 4) is 0 Å². The number of anilines is 1. The first kappa shape index (κ1) is 12.6. The van der Waals surface area contributed by atoms with Crippen molar-refractivity contribution in [3.05, 3.63) is 47.7 Å². The second-order valence-electron chi connectivity index (χ2n) is 4.92. The van der Waals surface area contributed by atoms with Gasteiger partial charge in [0.2, 0.25) is 0 Å². The zero-order chi connectivity index (χ0) is 14.2. The molecule has 0 spiro atoms. The third-order valence-corrected chi connectivity index (χ3v) is 4.24. The molecule has 5 heteroatoms. The maximum atomic E-state index is 4.68. The number of aromatic nitrogens is 2. The second-order valence-corrected chi connectivity index (χ2v) is 5.69. The van der Waals surface area contributed by atoms with Crippen LogP contribution in [0.2, 0.25) is 0 Å². The van der Waals surface area contributed by atoms with E-state index in [9.17, 15) is 0 Å². The summed E-state index contributed by atoms with van der Waals surface area (Å²) in [5.41, 5.74) is 3.40. The van der Waals surface area contributed by atoms with E-state index < -0.39 is 0 Å². The molecule has 0 unspecified atom stereocenters. The van der Waals surface area contributed by atoms with Crippen molar-refractivity contribution in [2.45, 2.75) is 5.16 Å². The first-order valence-electron chi connectivity index (χ1n) is 6.87. The van der Waals surface area contributed by atoms with Gasteiger partial charge in [-0.15, -0.1) is 0 Å². The quantitative estimate of drug-likeness (QED) is 0.631. The van der Waals surface area contributed by atoms with Gasteiger partial charge in [-0.05, 0) is 17.9 Å². The maximum absolute atomic E-state index is 4.68. The highest BCUT2D eigenvalue weighted by Crippen LogP contribution is 2.35. The molecule has 1 aromatic carbocycles. The average molecular weight is 294 g/mol. The molecule has 4 rings (SSSR count). The summed E-state index contributed by atoms with van der Waals surface area (Å²) in [6, 6.07) is 10.4. The average Bonchev–Trinajstić information content (AvgIpc) is 3.04. The highest BCUT2D eigenvalue weighted by atomic mass is 32.2. The van der Waals surface area contributed by atoms with Gasteiger partial charge in [-0.3, -0.25) is 4.99 Å². The third-order valence-electron chi connectivity index (χ3n) is 3.68. The van der Waals surface area contributed by atoms with Crippen molar-refractivity contribution in [2.75, 3.05) is 24.2 Å². The molecule has 4 nitrogen and oxygen atoms in total. The Balaban J connectivity index is 1.90. The fourth-order valence-corrected chi connectivity index (χ4v) is 3.05. The smallest absolute Gasteiger partial charge is 0.189 e. The molecule has 104 valence electrons. The van der Waals surface area contributed by atoms with Gasteiger partial charge >= 0.3 is 0 Å². The fourth-order valence-electron chi connectivity index (χ4n) is 2.72. The summed E-state index contributed by atoms with van der Waals surface area (Å²) >= 11 is 1.56. The summed E-state index contributed by atoms with van der Waals surface area (Å²) < 4.78 is 0. The second kappa shape index (κ2) is 5.00. The normalized spacial score (nSPS) is 16.1. The van der Waals surface area contributed by atoms with Crippen LogP contribution in [0, 0.1) is 0 Å². The van der Waals surface area contributed by atoms with Gasteiger partial charge in [0.05, 0.1) is 6.54 Å². The zero-order valence-electron chi connectivity index (χ0n) is 11.7. The Morgan fingerprint density at radius 2 is 2.05 bits per heavy atom. The lowest BCUT2D eigenvalue weighted by Crippen LogP contribution is -2.32. The van der Waals surface area contributed by atoms with Crippen molar-refractivity contribution in [3.63, 3.8) is 0 Å². The number of benzene rings is 1. The maximum Gasteiger partial charge on any atom is 0.189 e. The number of aliphatic imine (C=N–C) groups is 1. The SMILES string of the molecule is CSc1ncc2c(n1)N1CCN=C1C(c1ccccc1)=C2. The Morgan fingerprint density at radius 3 is 2.86 bits per heavy atom. The molecule has 0 bridgehead atoms. The monoisotopic (exact) mass is 294 g/mol. The summed E-state index contributed by atoms with van der Waals surface area (Å²) in [4.78, 5) is 15.9. The van der Waals surface area contributed by atoms with Crippen LogP contribution < -0.4 is 4.90 Å². The first-order valence-corrected chi connectivity index (χ1v) is 8.10. The standard InChI is InChI=1S/C16H14N4S/c1-21-16-18-10-12-9-13(11-5-3-2-4-6-11)15-17-7-8-20(15)14(12)19-16/h2-6,9-10H,7-8H2,1H3.